The zero-order valence-corrected chi connectivity index (χ0v) is 12.7. The van der Waals surface area contributed by atoms with E-state index in [9.17, 15) is 0 Å². The quantitative estimate of drug-likeness (QED) is 0.618. The fourth-order valence-corrected chi connectivity index (χ4v) is 3.15. The maximum Gasteiger partial charge on any atom is 0.122 e. The Balaban J connectivity index is 1.57. The Bertz CT molecular complexity index is 481. The van der Waals surface area contributed by atoms with E-state index >= 15 is 0 Å². The predicted molar refractivity (Wildman–Crippen MR) is 82.3 cm³/mol. The van der Waals surface area contributed by atoms with E-state index < -0.39 is 0 Å². The third-order valence-corrected chi connectivity index (χ3v) is 4.46. The van der Waals surface area contributed by atoms with Gasteiger partial charge in [-0.3, -0.25) is 11.3 Å². The minimum atomic E-state index is 0.173. The van der Waals surface area contributed by atoms with Crippen molar-refractivity contribution in [2.24, 2.45) is 5.84 Å². The van der Waals surface area contributed by atoms with Crippen LogP contribution < -0.4 is 16.0 Å². The van der Waals surface area contributed by atoms with Crippen LogP contribution in [0.5, 0.6) is 5.75 Å². The van der Waals surface area contributed by atoms with E-state index in [0.29, 0.717) is 0 Å². The summed E-state index contributed by atoms with van der Waals surface area (Å²) in [5.74, 6) is 6.78. The molecule has 0 amide bonds. The molecule has 0 aromatic heterocycles. The van der Waals surface area contributed by atoms with Crippen molar-refractivity contribution >= 4 is 0 Å². The van der Waals surface area contributed by atoms with Gasteiger partial charge in [-0.15, -0.1) is 0 Å². The Hall–Kier alpha value is -1.14. The smallest absolute Gasteiger partial charge is 0.122 e. The molecule has 2 unspecified atom stereocenters. The number of likely N-dealkylation sites (N-methyl/N-ethyl adjacent to an activating group) is 1. The van der Waals surface area contributed by atoms with Gasteiger partial charge in [-0.05, 0) is 37.1 Å². The highest BCUT2D eigenvalue weighted by molar-refractivity contribution is 5.39. The molecule has 3 rings (SSSR count). The predicted octanol–water partition coefficient (Wildman–Crippen LogP) is 0.717. The number of benzene rings is 1. The third kappa shape index (κ3) is 3.55. The Morgan fingerprint density at radius 2 is 2.33 bits per heavy atom. The third-order valence-electron chi connectivity index (χ3n) is 4.46. The van der Waals surface area contributed by atoms with Gasteiger partial charge in [-0.1, -0.05) is 12.1 Å². The van der Waals surface area contributed by atoms with E-state index in [1.807, 2.05) is 0 Å². The summed E-state index contributed by atoms with van der Waals surface area (Å²) in [6.07, 6.45) is 3.19. The van der Waals surface area contributed by atoms with Gasteiger partial charge in [-0.25, -0.2) is 0 Å². The van der Waals surface area contributed by atoms with Crippen LogP contribution in [0, 0.1) is 0 Å². The van der Waals surface area contributed by atoms with Crippen molar-refractivity contribution in [1.29, 1.82) is 0 Å². The molecular formula is C16H25N3O2. The molecule has 5 heteroatoms. The summed E-state index contributed by atoms with van der Waals surface area (Å²) in [6.45, 7) is 3.54. The summed E-state index contributed by atoms with van der Waals surface area (Å²) in [5.41, 5.74) is 5.62. The molecular weight excluding hydrogens is 266 g/mol. The maximum absolute atomic E-state index is 5.86. The minimum Gasteiger partial charge on any atom is -0.493 e. The first kappa shape index (κ1) is 14.8. The van der Waals surface area contributed by atoms with Gasteiger partial charge in [0.2, 0.25) is 0 Å². The zero-order chi connectivity index (χ0) is 14.7. The van der Waals surface area contributed by atoms with Gasteiger partial charge >= 0.3 is 0 Å². The van der Waals surface area contributed by atoms with E-state index in [-0.39, 0.29) is 12.1 Å². The van der Waals surface area contributed by atoms with Gasteiger partial charge in [0.15, 0.2) is 0 Å². The van der Waals surface area contributed by atoms with Crippen molar-refractivity contribution in [2.45, 2.75) is 31.4 Å². The number of nitrogens with one attached hydrogen (secondary N) is 1. The van der Waals surface area contributed by atoms with Crippen LogP contribution in [0.15, 0.2) is 18.2 Å². The number of hydrogen-bond acceptors (Lipinski definition) is 5. The molecule has 5 nitrogen and oxygen atoms in total. The highest BCUT2D eigenvalue weighted by Gasteiger charge is 2.25. The van der Waals surface area contributed by atoms with Gasteiger partial charge in [0, 0.05) is 25.6 Å². The van der Waals surface area contributed by atoms with E-state index in [0.717, 1.165) is 51.3 Å². The second kappa shape index (κ2) is 6.75. The fraction of sp³-hybridized carbons (Fsp3) is 0.625. The van der Waals surface area contributed by atoms with Gasteiger partial charge in [0.1, 0.15) is 5.75 Å². The average molecular weight is 291 g/mol. The molecule has 0 saturated carbocycles. The monoisotopic (exact) mass is 291 g/mol. The molecule has 0 spiro atoms. The Kier molecular flexibility index (Phi) is 4.75. The van der Waals surface area contributed by atoms with Crippen LogP contribution in [0.25, 0.3) is 0 Å². The first-order valence-corrected chi connectivity index (χ1v) is 7.77. The standard InChI is InChI=1S/C16H25N3O2/c1-19-7-9-21-16(11-19)14(18-17)4-2-12-3-5-15-13(10-12)6-8-20-15/h3,5,10,14,16,18H,2,4,6-9,11,17H2,1H3. The lowest BCUT2D eigenvalue weighted by Gasteiger charge is -2.35. The molecule has 0 aliphatic carbocycles. The lowest BCUT2D eigenvalue weighted by Crippen LogP contribution is -2.53. The molecule has 0 radical (unpaired) electrons. The van der Waals surface area contributed by atoms with Crippen molar-refractivity contribution < 1.29 is 9.47 Å². The zero-order valence-electron chi connectivity index (χ0n) is 12.7. The van der Waals surface area contributed by atoms with Crippen LogP contribution in [0.1, 0.15) is 17.5 Å². The van der Waals surface area contributed by atoms with Crippen LogP contribution in [-0.4, -0.2) is 50.4 Å². The normalized spacial score (nSPS) is 23.6. The van der Waals surface area contributed by atoms with Gasteiger partial charge in [-0.2, -0.15) is 0 Å². The first-order valence-electron chi connectivity index (χ1n) is 7.77. The number of hydrogen-bond donors (Lipinski definition) is 2. The Morgan fingerprint density at radius 3 is 3.14 bits per heavy atom. The number of nitrogens with two attached hydrogens (primary N) is 1. The van der Waals surface area contributed by atoms with E-state index in [1.165, 1.54) is 11.1 Å². The van der Waals surface area contributed by atoms with Gasteiger partial charge in [0.25, 0.3) is 0 Å². The van der Waals surface area contributed by atoms with Gasteiger partial charge < -0.3 is 14.4 Å². The highest BCUT2D eigenvalue weighted by atomic mass is 16.5. The molecule has 21 heavy (non-hydrogen) atoms. The van der Waals surface area contributed by atoms with Crippen molar-refractivity contribution in [3.05, 3.63) is 29.3 Å². The lowest BCUT2D eigenvalue weighted by molar-refractivity contribution is -0.0398. The lowest BCUT2D eigenvalue weighted by atomic mass is 9.99. The number of aryl methyl sites for hydroxylation is 1. The molecule has 1 aromatic carbocycles. The minimum absolute atomic E-state index is 0.173. The molecule has 1 saturated heterocycles. The van der Waals surface area contributed by atoms with Crippen LogP contribution in [0.4, 0.5) is 0 Å². The molecule has 116 valence electrons. The highest BCUT2D eigenvalue weighted by Crippen LogP contribution is 2.26. The van der Waals surface area contributed by atoms with Crippen molar-refractivity contribution in [2.75, 3.05) is 33.4 Å². The molecule has 2 aliphatic rings. The van der Waals surface area contributed by atoms with Crippen molar-refractivity contribution in [3.63, 3.8) is 0 Å². The number of morpholine rings is 1. The van der Waals surface area contributed by atoms with Crippen molar-refractivity contribution in [1.82, 2.24) is 10.3 Å². The second-order valence-electron chi connectivity index (χ2n) is 6.02. The molecule has 0 bridgehead atoms. The first-order chi connectivity index (χ1) is 10.3. The number of ether oxygens (including phenoxy) is 2. The molecule has 2 heterocycles. The fourth-order valence-electron chi connectivity index (χ4n) is 3.15. The molecule has 2 atom stereocenters. The van der Waals surface area contributed by atoms with Gasteiger partial charge in [0.05, 0.1) is 19.3 Å². The average Bonchev–Trinajstić information content (AvgIpc) is 2.95. The maximum atomic E-state index is 5.86. The molecule has 1 aromatic rings. The molecule has 1 fully saturated rings. The summed E-state index contributed by atoms with van der Waals surface area (Å²) in [4.78, 5) is 2.30. The number of hydrazine groups is 1. The van der Waals surface area contributed by atoms with Crippen LogP contribution in [-0.2, 0) is 17.6 Å². The molecule has 3 N–H and O–H groups in total. The summed E-state index contributed by atoms with van der Waals surface area (Å²) < 4.78 is 11.4. The van der Waals surface area contributed by atoms with E-state index in [2.05, 4.69) is 35.6 Å². The number of nitrogens with zero attached hydrogens (tertiary/aromatic N) is 1. The van der Waals surface area contributed by atoms with E-state index in [4.69, 9.17) is 15.3 Å². The largest absolute Gasteiger partial charge is 0.493 e. The van der Waals surface area contributed by atoms with Crippen LogP contribution in [0.3, 0.4) is 0 Å². The van der Waals surface area contributed by atoms with Crippen molar-refractivity contribution in [3.8, 4) is 5.75 Å². The Labute approximate surface area is 126 Å². The molecule has 2 aliphatic heterocycles. The van der Waals surface area contributed by atoms with Crippen LogP contribution in [0.2, 0.25) is 0 Å². The SMILES string of the molecule is CN1CCOC(C(CCc2ccc3c(c2)CCO3)NN)C1. The summed E-state index contributed by atoms with van der Waals surface area (Å²) in [6, 6.07) is 6.71. The van der Waals surface area contributed by atoms with Crippen LogP contribution >= 0.6 is 0 Å². The number of fused-ring (bicyclic) bond motifs is 1. The summed E-state index contributed by atoms with van der Waals surface area (Å²) in [5, 5.41) is 0. The van der Waals surface area contributed by atoms with E-state index in [1.54, 1.807) is 0 Å². The topological polar surface area (TPSA) is 59.8 Å². The number of rotatable bonds is 5. The second-order valence-corrected chi connectivity index (χ2v) is 6.02. The summed E-state index contributed by atoms with van der Waals surface area (Å²) >= 11 is 0. The summed E-state index contributed by atoms with van der Waals surface area (Å²) in [7, 11) is 2.13. The Morgan fingerprint density at radius 1 is 1.43 bits per heavy atom.